The van der Waals surface area contributed by atoms with Crippen LogP contribution in [0, 0.1) is 5.92 Å². The largest absolute Gasteiger partial charge is 0.396 e. The van der Waals surface area contributed by atoms with Crippen LogP contribution in [0.2, 0.25) is 5.02 Å². The van der Waals surface area contributed by atoms with Crippen molar-refractivity contribution in [2.75, 3.05) is 31.1 Å². The van der Waals surface area contributed by atoms with E-state index in [1.807, 2.05) is 6.07 Å². The molecule has 1 aromatic rings. The maximum Gasteiger partial charge on any atom is 0.0476 e. The minimum Gasteiger partial charge on any atom is -0.396 e. The summed E-state index contributed by atoms with van der Waals surface area (Å²) in [7, 11) is 0. The average molecular weight is 283 g/mol. The predicted molar refractivity (Wildman–Crippen MR) is 80.9 cm³/mol. The SMILES string of the molecule is CCNCc1ccc(N2CCCC(CO)C2)cc1Cl. The normalized spacial score (nSPS) is 19.7. The number of piperidine rings is 1. The first-order chi connectivity index (χ1) is 9.24. The van der Waals surface area contributed by atoms with Gasteiger partial charge in [-0.3, -0.25) is 0 Å². The molecule has 19 heavy (non-hydrogen) atoms. The Hall–Kier alpha value is -0.770. The Kier molecular flexibility index (Phi) is 5.49. The number of hydrogen-bond acceptors (Lipinski definition) is 3. The highest BCUT2D eigenvalue weighted by Gasteiger charge is 2.19. The molecule has 106 valence electrons. The molecule has 1 heterocycles. The molecule has 1 atom stereocenters. The predicted octanol–water partition coefficient (Wildman–Crippen LogP) is 2.66. The molecule has 0 saturated carbocycles. The number of aliphatic hydroxyl groups excluding tert-OH is 1. The summed E-state index contributed by atoms with van der Waals surface area (Å²) in [6.07, 6.45) is 2.27. The summed E-state index contributed by atoms with van der Waals surface area (Å²) in [5.74, 6) is 0.397. The van der Waals surface area contributed by atoms with Crippen LogP contribution in [0.1, 0.15) is 25.3 Å². The number of halogens is 1. The van der Waals surface area contributed by atoms with Gasteiger partial charge in [0, 0.05) is 37.0 Å². The van der Waals surface area contributed by atoms with Crippen LogP contribution in [0.15, 0.2) is 18.2 Å². The zero-order valence-corrected chi connectivity index (χ0v) is 12.3. The molecule has 0 aromatic heterocycles. The maximum absolute atomic E-state index is 9.29. The Bertz CT molecular complexity index is 411. The van der Waals surface area contributed by atoms with E-state index in [-0.39, 0.29) is 6.61 Å². The molecule has 1 aliphatic heterocycles. The Morgan fingerprint density at radius 2 is 2.32 bits per heavy atom. The highest BCUT2D eigenvalue weighted by Crippen LogP contribution is 2.27. The Labute approximate surface area is 120 Å². The molecule has 1 aliphatic rings. The molecule has 1 aromatic carbocycles. The lowest BCUT2D eigenvalue weighted by Gasteiger charge is -2.33. The van der Waals surface area contributed by atoms with Gasteiger partial charge in [0.05, 0.1) is 0 Å². The fourth-order valence-corrected chi connectivity index (χ4v) is 2.83. The highest BCUT2D eigenvalue weighted by atomic mass is 35.5. The van der Waals surface area contributed by atoms with E-state index < -0.39 is 0 Å². The molecule has 1 saturated heterocycles. The van der Waals surface area contributed by atoms with E-state index in [2.05, 4.69) is 29.3 Å². The van der Waals surface area contributed by atoms with Crippen LogP contribution in [0.3, 0.4) is 0 Å². The van der Waals surface area contributed by atoms with Crippen LogP contribution in [-0.4, -0.2) is 31.3 Å². The van der Waals surface area contributed by atoms with Crippen LogP contribution in [0.25, 0.3) is 0 Å². The van der Waals surface area contributed by atoms with E-state index in [0.717, 1.165) is 49.6 Å². The summed E-state index contributed by atoms with van der Waals surface area (Å²) in [6.45, 7) is 6.11. The van der Waals surface area contributed by atoms with E-state index in [0.29, 0.717) is 5.92 Å². The molecule has 0 radical (unpaired) electrons. The summed E-state index contributed by atoms with van der Waals surface area (Å²) >= 11 is 6.34. The lowest BCUT2D eigenvalue weighted by atomic mass is 9.98. The number of benzene rings is 1. The van der Waals surface area contributed by atoms with Gasteiger partial charge in [-0.1, -0.05) is 24.6 Å². The van der Waals surface area contributed by atoms with Gasteiger partial charge in [-0.05, 0) is 43.0 Å². The van der Waals surface area contributed by atoms with Gasteiger partial charge in [0.15, 0.2) is 0 Å². The van der Waals surface area contributed by atoms with Crippen molar-refractivity contribution in [3.05, 3.63) is 28.8 Å². The summed E-state index contributed by atoms with van der Waals surface area (Å²) < 4.78 is 0. The van der Waals surface area contributed by atoms with Crippen molar-refractivity contribution in [2.24, 2.45) is 5.92 Å². The quantitative estimate of drug-likeness (QED) is 0.872. The number of aliphatic hydroxyl groups is 1. The molecule has 2 rings (SSSR count). The van der Waals surface area contributed by atoms with Gasteiger partial charge < -0.3 is 15.3 Å². The molecule has 0 spiro atoms. The summed E-state index contributed by atoms with van der Waals surface area (Å²) in [5, 5.41) is 13.4. The van der Waals surface area contributed by atoms with Gasteiger partial charge in [0.2, 0.25) is 0 Å². The van der Waals surface area contributed by atoms with Crippen molar-refractivity contribution < 1.29 is 5.11 Å². The maximum atomic E-state index is 9.29. The highest BCUT2D eigenvalue weighted by molar-refractivity contribution is 6.31. The first kappa shape index (κ1) is 14.6. The molecule has 2 N–H and O–H groups in total. The molecule has 1 unspecified atom stereocenters. The van der Waals surface area contributed by atoms with Crippen LogP contribution >= 0.6 is 11.6 Å². The van der Waals surface area contributed by atoms with Gasteiger partial charge in [-0.2, -0.15) is 0 Å². The van der Waals surface area contributed by atoms with Gasteiger partial charge in [-0.15, -0.1) is 0 Å². The Balaban J connectivity index is 2.06. The number of nitrogens with zero attached hydrogens (tertiary/aromatic N) is 1. The molecule has 3 nitrogen and oxygen atoms in total. The van der Waals surface area contributed by atoms with Gasteiger partial charge in [-0.25, -0.2) is 0 Å². The van der Waals surface area contributed by atoms with Gasteiger partial charge >= 0.3 is 0 Å². The molecule has 1 fully saturated rings. The van der Waals surface area contributed by atoms with Gasteiger partial charge in [0.25, 0.3) is 0 Å². The standard InChI is InChI=1S/C15H23ClN2O/c1-2-17-9-13-5-6-14(8-15(13)16)18-7-3-4-12(10-18)11-19/h5-6,8,12,17,19H,2-4,7,9-11H2,1H3. The zero-order valence-electron chi connectivity index (χ0n) is 11.5. The number of nitrogens with one attached hydrogen (secondary N) is 1. The van der Waals surface area contributed by atoms with Crippen LogP contribution in [0.4, 0.5) is 5.69 Å². The van der Waals surface area contributed by atoms with E-state index in [4.69, 9.17) is 11.6 Å². The average Bonchev–Trinajstić information content (AvgIpc) is 2.46. The van der Waals surface area contributed by atoms with E-state index in [1.54, 1.807) is 0 Å². The minimum atomic E-state index is 0.280. The Morgan fingerprint density at radius 3 is 3.00 bits per heavy atom. The van der Waals surface area contributed by atoms with E-state index in [1.165, 1.54) is 5.69 Å². The van der Waals surface area contributed by atoms with E-state index >= 15 is 0 Å². The topological polar surface area (TPSA) is 35.5 Å². The third kappa shape index (κ3) is 3.85. The molecule has 0 amide bonds. The summed E-state index contributed by atoms with van der Waals surface area (Å²) in [4.78, 5) is 2.33. The summed E-state index contributed by atoms with van der Waals surface area (Å²) in [6, 6.07) is 6.29. The molecule has 0 bridgehead atoms. The van der Waals surface area contributed by atoms with Crippen molar-refractivity contribution in [1.29, 1.82) is 0 Å². The second kappa shape index (κ2) is 7.13. The third-order valence-corrected chi connectivity index (χ3v) is 4.10. The minimum absolute atomic E-state index is 0.280. The fraction of sp³-hybridized carbons (Fsp3) is 0.600. The van der Waals surface area contributed by atoms with E-state index in [9.17, 15) is 5.11 Å². The van der Waals surface area contributed by atoms with Crippen LogP contribution < -0.4 is 10.2 Å². The van der Waals surface area contributed by atoms with Crippen LogP contribution in [-0.2, 0) is 6.54 Å². The molecule has 4 heteroatoms. The monoisotopic (exact) mass is 282 g/mol. The number of anilines is 1. The number of hydrogen-bond donors (Lipinski definition) is 2. The summed E-state index contributed by atoms with van der Waals surface area (Å²) in [5.41, 5.74) is 2.31. The second-order valence-corrected chi connectivity index (χ2v) is 5.60. The number of rotatable bonds is 5. The van der Waals surface area contributed by atoms with Gasteiger partial charge in [0.1, 0.15) is 0 Å². The molecule has 0 aliphatic carbocycles. The van der Waals surface area contributed by atoms with Crippen molar-refractivity contribution in [3.8, 4) is 0 Å². The molecular formula is C15H23ClN2O. The first-order valence-corrected chi connectivity index (χ1v) is 7.47. The lowest BCUT2D eigenvalue weighted by Crippen LogP contribution is -2.36. The lowest BCUT2D eigenvalue weighted by molar-refractivity contribution is 0.209. The molecular weight excluding hydrogens is 260 g/mol. The first-order valence-electron chi connectivity index (χ1n) is 7.09. The fourth-order valence-electron chi connectivity index (χ4n) is 2.58. The van der Waals surface area contributed by atoms with Crippen molar-refractivity contribution in [2.45, 2.75) is 26.3 Å². The van der Waals surface area contributed by atoms with Crippen molar-refractivity contribution in [1.82, 2.24) is 5.32 Å². The second-order valence-electron chi connectivity index (χ2n) is 5.19. The van der Waals surface area contributed by atoms with Crippen molar-refractivity contribution >= 4 is 17.3 Å². The van der Waals surface area contributed by atoms with Crippen LogP contribution in [0.5, 0.6) is 0 Å². The Morgan fingerprint density at radius 1 is 1.47 bits per heavy atom. The third-order valence-electron chi connectivity index (χ3n) is 3.74. The van der Waals surface area contributed by atoms with Crippen molar-refractivity contribution in [3.63, 3.8) is 0 Å². The zero-order chi connectivity index (χ0) is 13.7. The smallest absolute Gasteiger partial charge is 0.0476 e.